The minimum Gasteiger partial charge on any atom is -0.356 e. The molecule has 0 aliphatic carbocycles. The molecule has 0 saturated heterocycles. The van der Waals surface area contributed by atoms with Crippen LogP contribution in [0.4, 0.5) is 0 Å². The highest BCUT2D eigenvalue weighted by Gasteiger charge is 1.95. The fraction of sp³-hybridized carbons (Fsp3) is 1.00. The van der Waals surface area contributed by atoms with Gasteiger partial charge in [0.15, 0.2) is 0 Å². The zero-order valence-corrected chi connectivity index (χ0v) is 6.30. The average Bonchev–Trinajstić information content (AvgIpc) is 1.19. The second-order valence-electron chi connectivity index (χ2n) is 1.95. The van der Waals surface area contributed by atoms with Crippen molar-refractivity contribution in [1.82, 2.24) is 0 Å². The Morgan fingerprint density at radius 3 is 1.22 bits per heavy atom. The van der Waals surface area contributed by atoms with Gasteiger partial charge in [0.05, 0.1) is 15.0 Å². The maximum absolute atomic E-state index is 10.2. The molecule has 56 valence electrons. The normalized spacial score (nSPS) is 9.22. The Labute approximate surface area is 54.2 Å². The molecular formula is C3H9NO4S. The van der Waals surface area contributed by atoms with Crippen molar-refractivity contribution in [3.05, 3.63) is 15.3 Å². The first kappa shape index (κ1) is 11.2. The average molecular weight is 155 g/mol. The predicted octanol–water partition coefficient (Wildman–Crippen LogP) is 0.136. The van der Waals surface area contributed by atoms with E-state index in [-0.39, 0.29) is 0 Å². The molecule has 0 aromatic heterocycles. The van der Waals surface area contributed by atoms with E-state index in [9.17, 15) is 4.21 Å². The lowest BCUT2D eigenvalue weighted by atomic mass is 11.9. The summed E-state index contributed by atoms with van der Waals surface area (Å²) in [6.07, 6.45) is 5.15. The second kappa shape index (κ2) is 4.25. The first-order chi connectivity index (χ1) is 3.73. The standard InChI is InChI=1S/C3H9OS.NO3/c1-5(2,3)4;2-1(3)4/h1-3H3;/q+1;-1. The van der Waals surface area contributed by atoms with Gasteiger partial charge in [-0.3, -0.25) is 0 Å². The molecular weight excluding hydrogens is 146 g/mol. The molecule has 5 nitrogen and oxygen atoms in total. The molecule has 0 N–H and O–H groups in total. The molecule has 6 heteroatoms. The monoisotopic (exact) mass is 155 g/mol. The summed E-state index contributed by atoms with van der Waals surface area (Å²) in [7, 11) is -1.42. The van der Waals surface area contributed by atoms with Crippen LogP contribution in [0.5, 0.6) is 0 Å². The molecule has 0 aliphatic heterocycles. The van der Waals surface area contributed by atoms with Gasteiger partial charge in [-0.05, 0) is 0 Å². The molecule has 0 fully saturated rings. The summed E-state index contributed by atoms with van der Waals surface area (Å²) in [6.45, 7) is 0. The zero-order chi connectivity index (χ0) is 8.08. The fourth-order valence-corrected chi connectivity index (χ4v) is 0. The van der Waals surface area contributed by atoms with Gasteiger partial charge in [-0.15, -0.1) is 4.21 Å². The van der Waals surface area contributed by atoms with Gasteiger partial charge in [0.1, 0.15) is 18.8 Å². The van der Waals surface area contributed by atoms with Crippen LogP contribution in [-0.4, -0.2) is 23.9 Å². The Hall–Kier alpha value is -0.650. The summed E-state index contributed by atoms with van der Waals surface area (Å²) < 4.78 is 10.2. The van der Waals surface area contributed by atoms with Crippen LogP contribution in [0.25, 0.3) is 0 Å². The summed E-state index contributed by atoms with van der Waals surface area (Å²) in [6, 6.07) is 0. The summed E-state index contributed by atoms with van der Waals surface area (Å²) in [5, 5.41) is 14.8. The summed E-state index contributed by atoms with van der Waals surface area (Å²) in [4.78, 5) is 8.25. The highest BCUT2D eigenvalue weighted by molar-refractivity contribution is 8.00. The van der Waals surface area contributed by atoms with Gasteiger partial charge in [-0.25, -0.2) is 0 Å². The molecule has 0 saturated carbocycles. The van der Waals surface area contributed by atoms with Gasteiger partial charge >= 0.3 is 0 Å². The van der Waals surface area contributed by atoms with Crippen LogP contribution in [-0.2, 0) is 14.1 Å². The Morgan fingerprint density at radius 1 is 1.22 bits per heavy atom. The van der Waals surface area contributed by atoms with Crippen molar-refractivity contribution in [2.45, 2.75) is 0 Å². The third-order valence-electron chi connectivity index (χ3n) is 0. The number of rotatable bonds is 0. The van der Waals surface area contributed by atoms with Crippen LogP contribution in [0.2, 0.25) is 0 Å². The third kappa shape index (κ3) is 498. The SMILES string of the molecule is C[S+](C)(C)=O.O=[N+]([O-])[O-]. The molecule has 0 aliphatic rings. The molecule has 0 rings (SSSR count). The van der Waals surface area contributed by atoms with Crippen molar-refractivity contribution in [2.24, 2.45) is 0 Å². The van der Waals surface area contributed by atoms with Crippen molar-refractivity contribution in [3.63, 3.8) is 0 Å². The number of nitrogens with zero attached hydrogens (tertiary/aromatic N) is 1. The summed E-state index contributed by atoms with van der Waals surface area (Å²) >= 11 is 0. The Kier molecular flexibility index (Phi) is 5.28. The topological polar surface area (TPSA) is 83.3 Å². The molecule has 0 spiro atoms. The van der Waals surface area contributed by atoms with E-state index in [2.05, 4.69) is 0 Å². The molecule has 0 unspecified atom stereocenters. The second-order valence-corrected chi connectivity index (χ2v) is 5.40. The van der Waals surface area contributed by atoms with E-state index in [0.717, 1.165) is 0 Å². The van der Waals surface area contributed by atoms with Crippen molar-refractivity contribution in [2.75, 3.05) is 18.8 Å². The summed E-state index contributed by atoms with van der Waals surface area (Å²) in [5.41, 5.74) is 0. The van der Waals surface area contributed by atoms with Crippen LogP contribution in [0.1, 0.15) is 0 Å². The zero-order valence-electron chi connectivity index (χ0n) is 5.49. The highest BCUT2D eigenvalue weighted by atomic mass is 32.2. The van der Waals surface area contributed by atoms with Crippen LogP contribution in [0.15, 0.2) is 0 Å². The van der Waals surface area contributed by atoms with E-state index in [4.69, 9.17) is 15.3 Å². The molecule has 0 bridgehead atoms. The largest absolute Gasteiger partial charge is 0.356 e. The van der Waals surface area contributed by atoms with Gasteiger partial charge < -0.3 is 15.3 Å². The van der Waals surface area contributed by atoms with E-state index >= 15 is 0 Å². The van der Waals surface area contributed by atoms with Crippen molar-refractivity contribution in [3.8, 4) is 0 Å². The molecule has 0 aromatic rings. The number of hydrogen-bond acceptors (Lipinski definition) is 4. The lowest BCUT2D eigenvalue weighted by Crippen LogP contribution is -1.97. The number of hydrogen-bond donors (Lipinski definition) is 0. The molecule has 9 heavy (non-hydrogen) atoms. The van der Waals surface area contributed by atoms with Crippen LogP contribution in [0.3, 0.4) is 0 Å². The summed E-state index contributed by atoms with van der Waals surface area (Å²) in [5.74, 6) is 0. The van der Waals surface area contributed by atoms with E-state index in [0.29, 0.717) is 0 Å². The smallest absolute Gasteiger partial charge is 0.101 e. The maximum Gasteiger partial charge on any atom is 0.101 e. The lowest BCUT2D eigenvalue weighted by Gasteiger charge is -1.80. The van der Waals surface area contributed by atoms with Gasteiger partial charge in [0.2, 0.25) is 0 Å². The van der Waals surface area contributed by atoms with Gasteiger partial charge in [-0.1, -0.05) is 0 Å². The Balaban J connectivity index is 0. The van der Waals surface area contributed by atoms with Gasteiger partial charge in [0.25, 0.3) is 0 Å². The first-order valence-corrected chi connectivity index (χ1v) is 4.72. The lowest BCUT2D eigenvalue weighted by molar-refractivity contribution is -0.402. The first-order valence-electron chi connectivity index (χ1n) is 1.94. The minimum absolute atomic E-state index is 1.42. The van der Waals surface area contributed by atoms with E-state index in [1.807, 2.05) is 0 Å². The van der Waals surface area contributed by atoms with Crippen LogP contribution < -0.4 is 0 Å². The highest BCUT2D eigenvalue weighted by Crippen LogP contribution is 1.78. The van der Waals surface area contributed by atoms with Gasteiger partial charge in [0, 0.05) is 0 Å². The van der Waals surface area contributed by atoms with Gasteiger partial charge in [-0.2, -0.15) is 0 Å². The van der Waals surface area contributed by atoms with Crippen LogP contribution >= 0.6 is 0 Å². The molecule has 0 radical (unpaired) electrons. The van der Waals surface area contributed by atoms with E-state index in [1.165, 1.54) is 0 Å². The Bertz CT molecular complexity index is 116. The third-order valence-corrected chi connectivity index (χ3v) is 0. The minimum atomic E-state index is -1.75. The predicted molar refractivity (Wildman–Crippen MR) is 36.2 cm³/mol. The molecule has 0 aromatic carbocycles. The van der Waals surface area contributed by atoms with E-state index in [1.54, 1.807) is 18.8 Å². The van der Waals surface area contributed by atoms with Crippen molar-refractivity contribution >= 4 is 9.93 Å². The quantitative estimate of drug-likeness (QED) is 0.283. The molecule has 0 heterocycles. The van der Waals surface area contributed by atoms with Crippen LogP contribution in [0, 0.1) is 15.3 Å². The van der Waals surface area contributed by atoms with Crippen molar-refractivity contribution < 1.29 is 9.30 Å². The van der Waals surface area contributed by atoms with Crippen molar-refractivity contribution in [1.29, 1.82) is 0 Å². The van der Waals surface area contributed by atoms with E-state index < -0.39 is 15.0 Å². The molecule has 0 atom stereocenters. The maximum atomic E-state index is 10.2. The molecule has 0 amide bonds. The fourth-order valence-electron chi connectivity index (χ4n) is 0. The Morgan fingerprint density at radius 2 is 1.22 bits per heavy atom.